The lowest BCUT2D eigenvalue weighted by molar-refractivity contribution is 0.265. The molecule has 0 aliphatic carbocycles. The number of aryl methyl sites for hydroxylation is 1. The van der Waals surface area contributed by atoms with Crippen LogP contribution in [0.25, 0.3) is 0 Å². The lowest BCUT2D eigenvalue weighted by Crippen LogP contribution is -2.31. The van der Waals surface area contributed by atoms with E-state index >= 15 is 0 Å². The van der Waals surface area contributed by atoms with E-state index in [-0.39, 0.29) is 0 Å². The van der Waals surface area contributed by atoms with Gasteiger partial charge in [0.15, 0.2) is 0 Å². The van der Waals surface area contributed by atoms with Crippen LogP contribution >= 0.6 is 12.6 Å². The number of pyridine rings is 1. The smallest absolute Gasteiger partial charge is 0.0463 e. The summed E-state index contributed by atoms with van der Waals surface area (Å²) in [5.74, 6) is 0. The first-order valence-corrected chi connectivity index (χ1v) is 7.31. The van der Waals surface area contributed by atoms with Gasteiger partial charge in [-0.05, 0) is 36.9 Å². The Balaban J connectivity index is 0.000000581. The molecule has 2 nitrogen and oxygen atoms in total. The van der Waals surface area contributed by atoms with E-state index in [0.29, 0.717) is 0 Å². The second-order valence-corrected chi connectivity index (χ2v) is 3.67. The monoisotopic (exact) mass is 254 g/mol. The summed E-state index contributed by atoms with van der Waals surface area (Å²) in [6, 6.07) is 2.11. The number of rotatable bonds is 1. The Morgan fingerprint density at radius 2 is 2.00 bits per heavy atom. The van der Waals surface area contributed by atoms with Gasteiger partial charge in [-0.1, -0.05) is 20.8 Å². The van der Waals surface area contributed by atoms with Gasteiger partial charge in [0.05, 0.1) is 0 Å². The minimum absolute atomic E-state index is 1.09. The first-order chi connectivity index (χ1) is 8.31. The molecule has 0 saturated carbocycles. The van der Waals surface area contributed by atoms with Crippen molar-refractivity contribution in [2.45, 2.75) is 40.7 Å². The summed E-state index contributed by atoms with van der Waals surface area (Å²) in [5.41, 5.74) is 4.16. The SMILES string of the molecule is CC.CCN1CCc2nccc(C)c2C1.CS. The van der Waals surface area contributed by atoms with Crippen molar-refractivity contribution in [2.24, 2.45) is 0 Å². The van der Waals surface area contributed by atoms with Gasteiger partial charge in [-0.15, -0.1) is 0 Å². The summed E-state index contributed by atoms with van der Waals surface area (Å²) in [4.78, 5) is 6.89. The molecule has 0 N–H and O–H groups in total. The Morgan fingerprint density at radius 3 is 2.59 bits per heavy atom. The molecule has 0 spiro atoms. The molecule has 17 heavy (non-hydrogen) atoms. The largest absolute Gasteiger partial charge is 0.299 e. The Labute approximate surface area is 112 Å². The van der Waals surface area contributed by atoms with Gasteiger partial charge in [0.2, 0.25) is 0 Å². The molecule has 0 radical (unpaired) electrons. The van der Waals surface area contributed by atoms with Gasteiger partial charge >= 0.3 is 0 Å². The maximum Gasteiger partial charge on any atom is 0.0463 e. The van der Waals surface area contributed by atoms with Crippen LogP contribution in [0.3, 0.4) is 0 Å². The zero-order chi connectivity index (χ0) is 13.3. The molecule has 0 saturated heterocycles. The summed E-state index contributed by atoms with van der Waals surface area (Å²) >= 11 is 3.53. The topological polar surface area (TPSA) is 16.1 Å². The second kappa shape index (κ2) is 9.49. The molecule has 0 atom stereocenters. The van der Waals surface area contributed by atoms with E-state index in [4.69, 9.17) is 0 Å². The molecule has 98 valence electrons. The highest BCUT2D eigenvalue weighted by Gasteiger charge is 2.16. The van der Waals surface area contributed by atoms with Crippen molar-refractivity contribution in [1.29, 1.82) is 0 Å². The molecule has 1 aliphatic rings. The van der Waals surface area contributed by atoms with Crippen LogP contribution in [-0.4, -0.2) is 29.2 Å². The van der Waals surface area contributed by atoms with E-state index in [1.54, 1.807) is 6.26 Å². The average Bonchev–Trinajstić information content (AvgIpc) is 2.43. The van der Waals surface area contributed by atoms with E-state index in [1.165, 1.54) is 23.4 Å². The van der Waals surface area contributed by atoms with Gasteiger partial charge in [0.1, 0.15) is 0 Å². The number of likely N-dealkylation sites (N-methyl/N-ethyl adjacent to an activating group) is 1. The lowest BCUT2D eigenvalue weighted by Gasteiger charge is -2.27. The van der Waals surface area contributed by atoms with Crippen LogP contribution < -0.4 is 0 Å². The third kappa shape index (κ3) is 4.68. The fraction of sp³-hybridized carbons (Fsp3) is 0.643. The van der Waals surface area contributed by atoms with Crippen LogP contribution in [0.4, 0.5) is 0 Å². The van der Waals surface area contributed by atoms with Crippen LogP contribution in [0, 0.1) is 6.92 Å². The van der Waals surface area contributed by atoms with Crippen molar-refractivity contribution in [2.75, 3.05) is 19.3 Å². The summed E-state index contributed by atoms with van der Waals surface area (Å²) in [7, 11) is 0. The van der Waals surface area contributed by atoms with E-state index in [2.05, 4.69) is 42.4 Å². The van der Waals surface area contributed by atoms with Gasteiger partial charge < -0.3 is 0 Å². The molecule has 1 aromatic rings. The maximum atomic E-state index is 4.42. The van der Waals surface area contributed by atoms with Crippen LogP contribution in [0.5, 0.6) is 0 Å². The summed E-state index contributed by atoms with van der Waals surface area (Å²) < 4.78 is 0. The zero-order valence-corrected chi connectivity index (χ0v) is 12.7. The van der Waals surface area contributed by atoms with Gasteiger partial charge in [-0.2, -0.15) is 12.6 Å². The molecule has 0 bridgehead atoms. The second-order valence-electron chi connectivity index (χ2n) is 3.67. The lowest BCUT2D eigenvalue weighted by atomic mass is 10.0. The maximum absolute atomic E-state index is 4.42. The highest BCUT2D eigenvalue weighted by molar-refractivity contribution is 7.79. The predicted octanol–water partition coefficient (Wildman–Crippen LogP) is 3.34. The summed E-state index contributed by atoms with van der Waals surface area (Å²) in [6.07, 6.45) is 4.74. The highest BCUT2D eigenvalue weighted by Crippen LogP contribution is 2.19. The molecule has 0 aromatic carbocycles. The first kappa shape index (κ1) is 16.5. The van der Waals surface area contributed by atoms with Gasteiger partial charge in [-0.25, -0.2) is 0 Å². The Kier molecular flexibility index (Phi) is 9.18. The van der Waals surface area contributed by atoms with Crippen LogP contribution in [0.2, 0.25) is 0 Å². The van der Waals surface area contributed by atoms with Crippen LogP contribution in [0.15, 0.2) is 12.3 Å². The molecular formula is C14H26N2S. The number of nitrogens with zero attached hydrogens (tertiary/aromatic N) is 2. The molecule has 2 rings (SSSR count). The van der Waals surface area contributed by atoms with E-state index < -0.39 is 0 Å². The van der Waals surface area contributed by atoms with Gasteiger partial charge in [0, 0.05) is 31.4 Å². The Hall–Kier alpha value is -0.540. The van der Waals surface area contributed by atoms with Gasteiger partial charge in [-0.3, -0.25) is 9.88 Å². The molecule has 2 heterocycles. The van der Waals surface area contributed by atoms with Crippen molar-refractivity contribution < 1.29 is 0 Å². The van der Waals surface area contributed by atoms with Crippen molar-refractivity contribution in [3.05, 3.63) is 29.1 Å². The standard InChI is InChI=1S/C11H16N2.C2H6.CH4S/c1-3-13-7-5-11-10(8-13)9(2)4-6-12-11;2*1-2/h4,6H,3,5,7-8H2,1-2H3;1-2H3;2H,1H3. The number of aromatic nitrogens is 1. The molecule has 3 heteroatoms. The van der Waals surface area contributed by atoms with Crippen molar-refractivity contribution in [1.82, 2.24) is 9.88 Å². The predicted molar refractivity (Wildman–Crippen MR) is 79.9 cm³/mol. The fourth-order valence-electron chi connectivity index (χ4n) is 1.91. The fourth-order valence-corrected chi connectivity index (χ4v) is 1.91. The number of thiol groups is 1. The van der Waals surface area contributed by atoms with Crippen LogP contribution in [-0.2, 0) is 13.0 Å². The average molecular weight is 254 g/mol. The Morgan fingerprint density at radius 1 is 1.35 bits per heavy atom. The molecule has 0 unspecified atom stereocenters. The van der Waals surface area contributed by atoms with Crippen molar-refractivity contribution >= 4 is 12.6 Å². The minimum atomic E-state index is 1.09. The van der Waals surface area contributed by atoms with E-state index in [1.807, 2.05) is 20.0 Å². The zero-order valence-electron chi connectivity index (χ0n) is 11.8. The number of hydrogen-bond donors (Lipinski definition) is 1. The van der Waals surface area contributed by atoms with Crippen molar-refractivity contribution in [3.63, 3.8) is 0 Å². The van der Waals surface area contributed by atoms with Crippen molar-refractivity contribution in [3.8, 4) is 0 Å². The number of fused-ring (bicyclic) bond motifs is 1. The third-order valence-electron chi connectivity index (χ3n) is 2.87. The normalized spacial score (nSPS) is 13.8. The Bertz CT molecular complexity index is 313. The first-order valence-electron chi connectivity index (χ1n) is 6.41. The molecule has 0 amide bonds. The minimum Gasteiger partial charge on any atom is -0.299 e. The number of hydrogen-bond acceptors (Lipinski definition) is 3. The van der Waals surface area contributed by atoms with E-state index in [9.17, 15) is 0 Å². The quantitative estimate of drug-likeness (QED) is 0.774. The third-order valence-corrected chi connectivity index (χ3v) is 2.87. The molecule has 0 fully saturated rings. The molecule has 1 aliphatic heterocycles. The van der Waals surface area contributed by atoms with E-state index in [0.717, 1.165) is 19.5 Å². The van der Waals surface area contributed by atoms with Crippen LogP contribution in [0.1, 0.15) is 37.6 Å². The summed E-state index contributed by atoms with van der Waals surface area (Å²) in [5, 5.41) is 0. The molecular weight excluding hydrogens is 228 g/mol. The molecule has 1 aromatic heterocycles. The van der Waals surface area contributed by atoms with Gasteiger partial charge in [0.25, 0.3) is 0 Å². The summed E-state index contributed by atoms with van der Waals surface area (Å²) in [6.45, 7) is 11.8. The highest BCUT2D eigenvalue weighted by atomic mass is 32.1.